The van der Waals surface area contributed by atoms with Gasteiger partial charge in [0.25, 0.3) is 0 Å². The highest BCUT2D eigenvalue weighted by Crippen LogP contribution is 2.30. The van der Waals surface area contributed by atoms with Gasteiger partial charge in [-0.2, -0.15) is 0 Å². The molecular formula is C17H21BrN4. The van der Waals surface area contributed by atoms with Crippen LogP contribution >= 0.6 is 15.9 Å². The number of fused-ring (bicyclic) bond motifs is 1. The highest BCUT2D eigenvalue weighted by atomic mass is 79.9. The first kappa shape index (κ1) is 15.4. The maximum absolute atomic E-state index is 4.54. The van der Waals surface area contributed by atoms with E-state index in [4.69, 9.17) is 0 Å². The molecule has 3 rings (SSSR count). The fraction of sp³-hybridized carbons (Fsp3) is 0.412. The van der Waals surface area contributed by atoms with Crippen LogP contribution in [0.4, 0.5) is 5.82 Å². The lowest BCUT2D eigenvalue weighted by molar-refractivity contribution is 0.462. The first-order chi connectivity index (χ1) is 10.7. The zero-order chi connectivity index (χ0) is 15.4. The minimum atomic E-state index is 0.404. The summed E-state index contributed by atoms with van der Waals surface area (Å²) in [6.07, 6.45) is 7.24. The van der Waals surface area contributed by atoms with Gasteiger partial charge >= 0.3 is 0 Å². The summed E-state index contributed by atoms with van der Waals surface area (Å²) in [4.78, 5) is 8.90. The molecular weight excluding hydrogens is 340 g/mol. The molecule has 1 aliphatic rings. The summed E-state index contributed by atoms with van der Waals surface area (Å²) in [6, 6.07) is 6.70. The van der Waals surface area contributed by atoms with Gasteiger partial charge in [0, 0.05) is 41.7 Å². The van der Waals surface area contributed by atoms with Crippen molar-refractivity contribution in [1.82, 2.24) is 15.3 Å². The van der Waals surface area contributed by atoms with Crippen molar-refractivity contribution in [2.24, 2.45) is 0 Å². The molecule has 22 heavy (non-hydrogen) atoms. The Morgan fingerprint density at radius 1 is 1.23 bits per heavy atom. The van der Waals surface area contributed by atoms with E-state index in [9.17, 15) is 0 Å². The Hall–Kier alpha value is -1.46. The van der Waals surface area contributed by atoms with Crippen LogP contribution < -0.4 is 10.6 Å². The lowest BCUT2D eigenvalue weighted by atomic mass is 9.91. The lowest BCUT2D eigenvalue weighted by Crippen LogP contribution is -2.30. The second kappa shape index (κ2) is 7.20. The Morgan fingerprint density at radius 2 is 2.14 bits per heavy atom. The summed E-state index contributed by atoms with van der Waals surface area (Å²) in [5.74, 6) is 0.931. The summed E-state index contributed by atoms with van der Waals surface area (Å²) in [6.45, 7) is 3.82. The number of halogens is 1. The average Bonchev–Trinajstić information content (AvgIpc) is 2.53. The number of aromatic nitrogens is 2. The highest BCUT2D eigenvalue weighted by Gasteiger charge is 2.20. The van der Waals surface area contributed by atoms with Crippen molar-refractivity contribution in [2.75, 3.05) is 18.4 Å². The largest absolute Gasteiger partial charge is 0.369 e. The Morgan fingerprint density at radius 3 is 2.95 bits per heavy atom. The van der Waals surface area contributed by atoms with Gasteiger partial charge in [-0.05, 0) is 65.4 Å². The number of anilines is 1. The van der Waals surface area contributed by atoms with E-state index in [2.05, 4.69) is 48.7 Å². The Bertz CT molecular complexity index is 627. The molecule has 0 radical (unpaired) electrons. The third kappa shape index (κ3) is 3.84. The van der Waals surface area contributed by atoms with E-state index in [1.807, 2.05) is 25.4 Å². The molecule has 1 unspecified atom stereocenters. The molecule has 5 heteroatoms. The summed E-state index contributed by atoms with van der Waals surface area (Å²) < 4.78 is 1.06. The first-order valence-corrected chi connectivity index (χ1v) is 8.56. The van der Waals surface area contributed by atoms with E-state index in [1.54, 1.807) is 0 Å². The van der Waals surface area contributed by atoms with Crippen molar-refractivity contribution in [2.45, 2.75) is 32.2 Å². The minimum Gasteiger partial charge on any atom is -0.369 e. The van der Waals surface area contributed by atoms with Gasteiger partial charge in [-0.1, -0.05) is 6.07 Å². The van der Waals surface area contributed by atoms with Gasteiger partial charge < -0.3 is 10.6 Å². The molecule has 0 amide bonds. The second-order valence-electron chi connectivity index (χ2n) is 5.74. The zero-order valence-corrected chi connectivity index (χ0v) is 14.4. The van der Waals surface area contributed by atoms with Crippen molar-refractivity contribution in [3.05, 3.63) is 51.9 Å². The van der Waals surface area contributed by atoms with Crippen LogP contribution in [0.1, 0.15) is 35.7 Å². The van der Waals surface area contributed by atoms with Crippen molar-refractivity contribution in [1.29, 1.82) is 0 Å². The first-order valence-electron chi connectivity index (χ1n) is 7.76. The molecule has 0 fully saturated rings. The van der Waals surface area contributed by atoms with Gasteiger partial charge in [-0.3, -0.25) is 4.98 Å². The summed E-state index contributed by atoms with van der Waals surface area (Å²) in [7, 11) is 0. The lowest BCUT2D eigenvalue weighted by Gasteiger charge is -2.26. The number of hydrogen-bond acceptors (Lipinski definition) is 4. The molecule has 0 saturated carbocycles. The summed E-state index contributed by atoms with van der Waals surface area (Å²) in [5.41, 5.74) is 3.76. The van der Waals surface area contributed by atoms with Crippen molar-refractivity contribution in [3.63, 3.8) is 0 Å². The van der Waals surface area contributed by atoms with Crippen molar-refractivity contribution in [3.8, 4) is 0 Å². The van der Waals surface area contributed by atoms with E-state index in [0.29, 0.717) is 6.04 Å². The molecule has 2 aromatic heterocycles. The topological polar surface area (TPSA) is 49.8 Å². The standard InChI is InChI=1S/C17H21BrN4/c1-12-5-6-17(22-10-12)20-8-7-19-15-3-2-4-16-14(15)9-13(18)11-21-16/h5-6,9-11,15,19H,2-4,7-8H2,1H3,(H,20,22). The van der Waals surface area contributed by atoms with Gasteiger partial charge in [0.2, 0.25) is 0 Å². The van der Waals surface area contributed by atoms with Crippen LogP contribution in [-0.2, 0) is 6.42 Å². The number of aryl methyl sites for hydroxylation is 2. The molecule has 1 aliphatic carbocycles. The number of pyridine rings is 2. The third-order valence-corrected chi connectivity index (χ3v) is 4.42. The van der Waals surface area contributed by atoms with E-state index >= 15 is 0 Å². The fourth-order valence-electron chi connectivity index (χ4n) is 2.84. The van der Waals surface area contributed by atoms with Crippen LogP contribution in [0.2, 0.25) is 0 Å². The zero-order valence-electron chi connectivity index (χ0n) is 12.8. The number of hydrogen-bond donors (Lipinski definition) is 2. The van der Waals surface area contributed by atoms with E-state index in [-0.39, 0.29) is 0 Å². The molecule has 0 bridgehead atoms. The smallest absolute Gasteiger partial charge is 0.125 e. The molecule has 0 aromatic carbocycles. The maximum Gasteiger partial charge on any atom is 0.125 e. The monoisotopic (exact) mass is 360 g/mol. The van der Waals surface area contributed by atoms with Crippen LogP contribution in [0.3, 0.4) is 0 Å². The van der Waals surface area contributed by atoms with Gasteiger partial charge in [-0.25, -0.2) is 4.98 Å². The predicted octanol–water partition coefficient (Wildman–Crippen LogP) is 3.63. The normalized spacial score (nSPS) is 17.1. The SMILES string of the molecule is Cc1ccc(NCCNC2CCCc3ncc(Br)cc32)nc1. The van der Waals surface area contributed by atoms with Crippen LogP contribution in [0, 0.1) is 6.92 Å². The van der Waals surface area contributed by atoms with Crippen LogP contribution in [0.5, 0.6) is 0 Å². The molecule has 0 spiro atoms. The molecule has 0 saturated heterocycles. The Labute approximate surface area is 139 Å². The summed E-state index contributed by atoms with van der Waals surface area (Å²) in [5, 5.41) is 6.98. The fourth-order valence-corrected chi connectivity index (χ4v) is 3.19. The van der Waals surface area contributed by atoms with Gasteiger partial charge in [0.05, 0.1) is 0 Å². The number of rotatable bonds is 5. The Balaban J connectivity index is 1.52. The van der Waals surface area contributed by atoms with Gasteiger partial charge in [-0.15, -0.1) is 0 Å². The van der Waals surface area contributed by atoms with Gasteiger partial charge in [0.1, 0.15) is 5.82 Å². The van der Waals surface area contributed by atoms with Crippen LogP contribution in [0.15, 0.2) is 35.1 Å². The average molecular weight is 361 g/mol. The van der Waals surface area contributed by atoms with Crippen molar-refractivity contribution >= 4 is 21.7 Å². The van der Waals surface area contributed by atoms with E-state index in [1.165, 1.54) is 29.7 Å². The molecule has 2 N–H and O–H groups in total. The van der Waals surface area contributed by atoms with Crippen molar-refractivity contribution < 1.29 is 0 Å². The molecule has 2 aromatic rings. The molecule has 4 nitrogen and oxygen atoms in total. The number of nitrogens with one attached hydrogen (secondary N) is 2. The Kier molecular flexibility index (Phi) is 5.05. The highest BCUT2D eigenvalue weighted by molar-refractivity contribution is 9.10. The van der Waals surface area contributed by atoms with E-state index in [0.717, 1.165) is 29.8 Å². The van der Waals surface area contributed by atoms with Gasteiger partial charge in [0.15, 0.2) is 0 Å². The van der Waals surface area contributed by atoms with Crippen LogP contribution in [-0.4, -0.2) is 23.1 Å². The molecule has 2 heterocycles. The molecule has 0 aliphatic heterocycles. The summed E-state index contributed by atoms with van der Waals surface area (Å²) >= 11 is 3.53. The maximum atomic E-state index is 4.54. The quantitative estimate of drug-likeness (QED) is 0.799. The second-order valence-corrected chi connectivity index (χ2v) is 6.65. The number of nitrogens with zero attached hydrogens (tertiary/aromatic N) is 2. The molecule has 1 atom stereocenters. The third-order valence-electron chi connectivity index (χ3n) is 3.99. The van der Waals surface area contributed by atoms with E-state index < -0.39 is 0 Å². The minimum absolute atomic E-state index is 0.404. The predicted molar refractivity (Wildman–Crippen MR) is 93.1 cm³/mol. The molecule has 116 valence electrons. The van der Waals surface area contributed by atoms with Crippen LogP contribution in [0.25, 0.3) is 0 Å².